The lowest BCUT2D eigenvalue weighted by atomic mass is 10.1. The van der Waals surface area contributed by atoms with Crippen LogP contribution in [-0.2, 0) is 0 Å². The van der Waals surface area contributed by atoms with Crippen LogP contribution in [0.1, 0.15) is 11.7 Å². The van der Waals surface area contributed by atoms with Crippen LogP contribution in [0.4, 0.5) is 0 Å². The quantitative estimate of drug-likeness (QED) is 0.769. The van der Waals surface area contributed by atoms with Gasteiger partial charge in [-0.2, -0.15) is 5.10 Å². The van der Waals surface area contributed by atoms with Gasteiger partial charge in [0.1, 0.15) is 6.10 Å². The molecule has 19 heavy (non-hydrogen) atoms. The van der Waals surface area contributed by atoms with Gasteiger partial charge in [0, 0.05) is 23.3 Å². The minimum Gasteiger partial charge on any atom is -0.389 e. The minimum absolute atomic E-state index is 0.309. The average molecular weight is 282 g/mol. The van der Waals surface area contributed by atoms with Gasteiger partial charge >= 0.3 is 0 Å². The zero-order valence-electron chi connectivity index (χ0n) is 10.5. The monoisotopic (exact) mass is 281 g/mol. The van der Waals surface area contributed by atoms with Crippen molar-refractivity contribution in [3.63, 3.8) is 0 Å². The summed E-state index contributed by atoms with van der Waals surface area (Å²) in [6.45, 7) is 0.309. The van der Waals surface area contributed by atoms with Crippen molar-refractivity contribution in [3.05, 3.63) is 47.2 Å². The second kappa shape index (κ2) is 6.16. The number of aliphatic hydroxyl groups excluding tert-OH is 2. The summed E-state index contributed by atoms with van der Waals surface area (Å²) < 4.78 is 1.61. The summed E-state index contributed by atoms with van der Waals surface area (Å²) in [4.78, 5) is 0. The summed E-state index contributed by atoms with van der Waals surface area (Å²) in [5.74, 6) is 0. The van der Waals surface area contributed by atoms with E-state index < -0.39 is 12.2 Å². The van der Waals surface area contributed by atoms with E-state index in [0.717, 1.165) is 5.69 Å². The fourth-order valence-corrected chi connectivity index (χ4v) is 1.98. The molecule has 5 nitrogen and oxygen atoms in total. The van der Waals surface area contributed by atoms with Gasteiger partial charge in [-0.25, -0.2) is 4.68 Å². The number of aromatic nitrogens is 2. The molecule has 1 heterocycles. The van der Waals surface area contributed by atoms with Crippen LogP contribution in [0.5, 0.6) is 0 Å². The van der Waals surface area contributed by atoms with Crippen molar-refractivity contribution >= 4 is 11.6 Å². The van der Waals surface area contributed by atoms with Crippen molar-refractivity contribution in [1.29, 1.82) is 0 Å². The van der Waals surface area contributed by atoms with E-state index in [2.05, 4.69) is 10.4 Å². The zero-order valence-corrected chi connectivity index (χ0v) is 11.2. The van der Waals surface area contributed by atoms with Crippen molar-refractivity contribution in [2.75, 3.05) is 13.6 Å². The van der Waals surface area contributed by atoms with Crippen LogP contribution < -0.4 is 5.32 Å². The van der Waals surface area contributed by atoms with E-state index in [1.54, 1.807) is 30.1 Å². The number of rotatable bonds is 5. The van der Waals surface area contributed by atoms with E-state index in [4.69, 9.17) is 11.6 Å². The first-order valence-electron chi connectivity index (χ1n) is 5.93. The van der Waals surface area contributed by atoms with Crippen molar-refractivity contribution < 1.29 is 10.2 Å². The molecule has 2 rings (SSSR count). The molecule has 1 aromatic carbocycles. The summed E-state index contributed by atoms with van der Waals surface area (Å²) in [6.07, 6.45) is 1.36. The molecule has 0 bridgehead atoms. The average Bonchev–Trinajstić information content (AvgIpc) is 2.87. The molecule has 6 heteroatoms. The third-order valence-electron chi connectivity index (χ3n) is 2.79. The van der Waals surface area contributed by atoms with Gasteiger partial charge in [-0.05, 0) is 25.2 Å². The Morgan fingerprint density at radius 3 is 2.89 bits per heavy atom. The van der Waals surface area contributed by atoms with Crippen LogP contribution in [0, 0.1) is 0 Å². The van der Waals surface area contributed by atoms with Gasteiger partial charge in [0.2, 0.25) is 0 Å². The maximum absolute atomic E-state index is 9.97. The Balaban J connectivity index is 2.19. The largest absolute Gasteiger partial charge is 0.389 e. The second-order valence-electron chi connectivity index (χ2n) is 4.27. The fourth-order valence-electron chi connectivity index (χ4n) is 1.79. The van der Waals surface area contributed by atoms with E-state index in [1.807, 2.05) is 12.1 Å². The number of benzene rings is 1. The molecule has 0 radical (unpaired) electrons. The van der Waals surface area contributed by atoms with Crippen LogP contribution in [0.3, 0.4) is 0 Å². The Morgan fingerprint density at radius 1 is 1.42 bits per heavy atom. The van der Waals surface area contributed by atoms with E-state index in [1.165, 1.54) is 6.20 Å². The van der Waals surface area contributed by atoms with Gasteiger partial charge in [0.25, 0.3) is 0 Å². The number of aliphatic hydroxyl groups is 2. The SMILES string of the molecule is CNCC(O)C(O)c1cnn(-c2cccc(Cl)c2)c1. The van der Waals surface area contributed by atoms with Gasteiger partial charge in [0.05, 0.1) is 18.0 Å². The third kappa shape index (κ3) is 3.33. The highest BCUT2D eigenvalue weighted by Gasteiger charge is 2.19. The Kier molecular flexibility index (Phi) is 4.55. The van der Waals surface area contributed by atoms with Gasteiger partial charge < -0.3 is 15.5 Å². The molecule has 3 N–H and O–H groups in total. The van der Waals surface area contributed by atoms with Crippen LogP contribution in [-0.4, -0.2) is 39.7 Å². The smallest absolute Gasteiger partial charge is 0.109 e. The molecule has 0 amide bonds. The first-order valence-corrected chi connectivity index (χ1v) is 6.31. The van der Waals surface area contributed by atoms with Gasteiger partial charge in [-0.1, -0.05) is 17.7 Å². The van der Waals surface area contributed by atoms with Gasteiger partial charge in [0.15, 0.2) is 0 Å². The fraction of sp³-hybridized carbons (Fsp3) is 0.308. The predicted octanol–water partition coefficient (Wildman–Crippen LogP) is 1.14. The molecule has 0 aliphatic rings. The van der Waals surface area contributed by atoms with Crippen molar-refractivity contribution in [1.82, 2.24) is 15.1 Å². The Morgan fingerprint density at radius 2 is 2.21 bits per heavy atom. The number of nitrogens with one attached hydrogen (secondary N) is 1. The second-order valence-corrected chi connectivity index (χ2v) is 4.70. The summed E-state index contributed by atoms with van der Waals surface area (Å²) in [5, 5.41) is 27.3. The van der Waals surface area contributed by atoms with Crippen molar-refractivity contribution in [3.8, 4) is 5.69 Å². The number of nitrogens with zero attached hydrogens (tertiary/aromatic N) is 2. The Bertz CT molecular complexity index is 544. The lowest BCUT2D eigenvalue weighted by molar-refractivity contribution is 0.0202. The van der Waals surface area contributed by atoms with E-state index >= 15 is 0 Å². The molecule has 0 spiro atoms. The lowest BCUT2D eigenvalue weighted by Crippen LogP contribution is -2.29. The molecule has 2 atom stereocenters. The highest BCUT2D eigenvalue weighted by Crippen LogP contribution is 2.19. The van der Waals surface area contributed by atoms with E-state index in [0.29, 0.717) is 17.1 Å². The first kappa shape index (κ1) is 14.0. The van der Waals surface area contributed by atoms with Gasteiger partial charge in [-0.15, -0.1) is 0 Å². The summed E-state index contributed by atoms with van der Waals surface area (Å²) in [6, 6.07) is 7.24. The van der Waals surface area contributed by atoms with Gasteiger partial charge in [-0.3, -0.25) is 0 Å². The first-order chi connectivity index (χ1) is 9.11. The predicted molar refractivity (Wildman–Crippen MR) is 73.5 cm³/mol. The molecule has 0 aliphatic carbocycles. The number of halogens is 1. The van der Waals surface area contributed by atoms with E-state index in [-0.39, 0.29) is 0 Å². The molecule has 2 aromatic rings. The molecule has 0 saturated carbocycles. The Hall–Kier alpha value is -1.40. The molecule has 0 saturated heterocycles. The molecule has 2 unspecified atom stereocenters. The van der Waals surface area contributed by atoms with Crippen LogP contribution >= 0.6 is 11.6 Å². The molecule has 1 aromatic heterocycles. The summed E-state index contributed by atoms with van der Waals surface area (Å²) >= 11 is 5.92. The maximum Gasteiger partial charge on any atom is 0.109 e. The van der Waals surface area contributed by atoms with Crippen molar-refractivity contribution in [2.24, 2.45) is 0 Å². The highest BCUT2D eigenvalue weighted by atomic mass is 35.5. The van der Waals surface area contributed by atoms with Crippen LogP contribution in [0.25, 0.3) is 5.69 Å². The van der Waals surface area contributed by atoms with Crippen LogP contribution in [0.2, 0.25) is 5.02 Å². The lowest BCUT2D eigenvalue weighted by Gasteiger charge is -2.15. The number of hydrogen-bond acceptors (Lipinski definition) is 4. The highest BCUT2D eigenvalue weighted by molar-refractivity contribution is 6.30. The number of hydrogen-bond donors (Lipinski definition) is 3. The molecular weight excluding hydrogens is 266 g/mol. The maximum atomic E-state index is 9.97. The third-order valence-corrected chi connectivity index (χ3v) is 3.03. The summed E-state index contributed by atoms with van der Waals surface area (Å²) in [5.41, 5.74) is 1.36. The van der Waals surface area contributed by atoms with E-state index in [9.17, 15) is 10.2 Å². The Labute approximate surface area is 116 Å². The number of likely N-dealkylation sites (N-methyl/N-ethyl adjacent to an activating group) is 1. The summed E-state index contributed by atoms with van der Waals surface area (Å²) in [7, 11) is 1.71. The minimum atomic E-state index is -0.972. The molecule has 0 aliphatic heterocycles. The standard InChI is InChI=1S/C13H16ClN3O2/c1-15-7-12(18)13(19)9-6-16-17(8-9)11-4-2-3-10(14)5-11/h2-6,8,12-13,15,18-19H,7H2,1H3. The van der Waals surface area contributed by atoms with Crippen LogP contribution in [0.15, 0.2) is 36.7 Å². The topological polar surface area (TPSA) is 70.3 Å². The molecule has 0 fully saturated rings. The molecular formula is C13H16ClN3O2. The zero-order chi connectivity index (χ0) is 13.8. The normalized spacial score (nSPS) is 14.3. The molecule has 102 valence electrons. The van der Waals surface area contributed by atoms with Crippen molar-refractivity contribution in [2.45, 2.75) is 12.2 Å².